The quantitative estimate of drug-likeness (QED) is 0.698. The Balaban J connectivity index is 1.67. The van der Waals surface area contributed by atoms with Gasteiger partial charge in [0, 0.05) is 14.1 Å². The van der Waals surface area contributed by atoms with Crippen LogP contribution in [0.2, 0.25) is 0 Å². The van der Waals surface area contributed by atoms with Crippen molar-refractivity contribution < 1.29 is 19.2 Å². The Labute approximate surface area is 163 Å². The first kappa shape index (κ1) is 17.3. The third-order valence-corrected chi connectivity index (χ3v) is 7.18. The van der Waals surface area contributed by atoms with E-state index in [1.54, 1.807) is 14.1 Å². The highest BCUT2D eigenvalue weighted by Crippen LogP contribution is 2.55. The predicted molar refractivity (Wildman–Crippen MR) is 100 cm³/mol. The van der Waals surface area contributed by atoms with E-state index in [-0.39, 0.29) is 47.3 Å². The van der Waals surface area contributed by atoms with Gasteiger partial charge in [-0.1, -0.05) is 35.9 Å². The molecule has 0 radical (unpaired) electrons. The highest BCUT2D eigenvalue weighted by molar-refractivity contribution is 6.11. The van der Waals surface area contributed by atoms with E-state index in [4.69, 9.17) is 0 Å². The molecule has 0 N–H and O–H groups in total. The number of likely N-dealkylation sites (tertiary alicyclic amines) is 2. The maximum Gasteiger partial charge on any atom is 0.237 e. The molecule has 6 heteroatoms. The van der Waals surface area contributed by atoms with Gasteiger partial charge < -0.3 is 0 Å². The standard InChI is InChI=1S/C22H22N2O4/c1-23-19(25)14-8-12-9-16-18(22(28)24(2)21(16)27)17(11-6-4-3-5-7-11)13(12)10-15(14)20(23)26/h3-7,12,14-16,18H,8-10H2,1-2H3/t12-,14+,15-,16+,18+/m0/s1. The van der Waals surface area contributed by atoms with Gasteiger partial charge in [0.1, 0.15) is 0 Å². The largest absolute Gasteiger partial charge is 0.285 e. The number of hydrogen-bond donors (Lipinski definition) is 0. The highest BCUT2D eigenvalue weighted by Gasteiger charge is 2.57. The number of rotatable bonds is 1. The Morgan fingerprint density at radius 2 is 1.32 bits per heavy atom. The molecule has 0 unspecified atom stereocenters. The maximum atomic E-state index is 12.9. The van der Waals surface area contributed by atoms with E-state index >= 15 is 0 Å². The van der Waals surface area contributed by atoms with Crippen molar-refractivity contribution >= 4 is 29.2 Å². The summed E-state index contributed by atoms with van der Waals surface area (Å²) in [5.74, 6) is -1.96. The van der Waals surface area contributed by atoms with E-state index in [0.29, 0.717) is 19.3 Å². The van der Waals surface area contributed by atoms with Gasteiger partial charge >= 0.3 is 0 Å². The number of carbonyl (C=O) groups is 4. The zero-order valence-electron chi connectivity index (χ0n) is 15.9. The van der Waals surface area contributed by atoms with Crippen LogP contribution in [-0.2, 0) is 19.2 Å². The molecule has 144 valence electrons. The van der Waals surface area contributed by atoms with Crippen molar-refractivity contribution in [1.29, 1.82) is 0 Å². The molecule has 2 heterocycles. The van der Waals surface area contributed by atoms with E-state index in [1.165, 1.54) is 9.80 Å². The molecule has 0 bridgehead atoms. The molecule has 28 heavy (non-hydrogen) atoms. The maximum absolute atomic E-state index is 12.9. The van der Waals surface area contributed by atoms with Crippen molar-refractivity contribution in [2.24, 2.45) is 29.6 Å². The molecule has 2 aliphatic carbocycles. The smallest absolute Gasteiger partial charge is 0.237 e. The van der Waals surface area contributed by atoms with Crippen LogP contribution in [-0.4, -0.2) is 47.5 Å². The molecule has 2 saturated heterocycles. The lowest BCUT2D eigenvalue weighted by molar-refractivity contribution is -0.139. The van der Waals surface area contributed by atoms with Gasteiger partial charge in [0.15, 0.2) is 0 Å². The summed E-state index contributed by atoms with van der Waals surface area (Å²) in [6.07, 6.45) is 1.67. The lowest BCUT2D eigenvalue weighted by Crippen LogP contribution is -2.36. The second kappa shape index (κ2) is 5.87. The second-order valence-electron chi connectivity index (χ2n) is 8.45. The summed E-state index contributed by atoms with van der Waals surface area (Å²) in [4.78, 5) is 53.3. The van der Waals surface area contributed by atoms with Crippen molar-refractivity contribution in [3.05, 3.63) is 41.5 Å². The topological polar surface area (TPSA) is 74.8 Å². The van der Waals surface area contributed by atoms with Crippen LogP contribution in [0.25, 0.3) is 5.57 Å². The lowest BCUT2D eigenvalue weighted by Gasteiger charge is -2.40. The number of fused-ring (bicyclic) bond motifs is 3. The van der Waals surface area contributed by atoms with Crippen LogP contribution >= 0.6 is 0 Å². The van der Waals surface area contributed by atoms with Crippen molar-refractivity contribution in [3.63, 3.8) is 0 Å². The molecule has 5 atom stereocenters. The molecule has 1 aromatic carbocycles. The van der Waals surface area contributed by atoms with Crippen LogP contribution in [0, 0.1) is 29.6 Å². The van der Waals surface area contributed by atoms with Crippen LogP contribution < -0.4 is 0 Å². The van der Waals surface area contributed by atoms with Gasteiger partial charge in [0.05, 0.1) is 23.7 Å². The van der Waals surface area contributed by atoms with Crippen LogP contribution in [0.15, 0.2) is 35.9 Å². The molecule has 4 aliphatic rings. The fourth-order valence-electron chi connectivity index (χ4n) is 5.80. The molecule has 4 amide bonds. The Morgan fingerprint density at radius 1 is 0.750 bits per heavy atom. The van der Waals surface area contributed by atoms with E-state index in [1.807, 2.05) is 30.3 Å². The normalized spacial score (nSPS) is 34.7. The van der Waals surface area contributed by atoms with Crippen LogP contribution in [0.3, 0.4) is 0 Å². The fourth-order valence-corrected chi connectivity index (χ4v) is 5.80. The molecular formula is C22H22N2O4. The Kier molecular flexibility index (Phi) is 3.63. The SMILES string of the molecule is CN1C(=O)[C@H]2C(c3ccccc3)=C3C[C@@H]4C(=O)N(C)C(=O)[C@@H]4C[C@H]3C[C@H]2C1=O. The first-order valence-electron chi connectivity index (χ1n) is 9.81. The molecule has 5 rings (SSSR count). The summed E-state index contributed by atoms with van der Waals surface area (Å²) < 4.78 is 0. The minimum Gasteiger partial charge on any atom is -0.285 e. The highest BCUT2D eigenvalue weighted by atomic mass is 16.2. The van der Waals surface area contributed by atoms with Gasteiger partial charge in [-0.25, -0.2) is 0 Å². The molecule has 1 aromatic rings. The van der Waals surface area contributed by atoms with Crippen LogP contribution in [0.4, 0.5) is 0 Å². The second-order valence-corrected chi connectivity index (χ2v) is 8.45. The number of benzene rings is 1. The molecule has 0 aromatic heterocycles. The molecule has 2 aliphatic heterocycles. The number of imide groups is 2. The van der Waals surface area contributed by atoms with Gasteiger partial charge in [-0.05, 0) is 36.3 Å². The van der Waals surface area contributed by atoms with E-state index < -0.39 is 5.92 Å². The number of carbonyl (C=O) groups excluding carboxylic acids is 4. The average molecular weight is 378 g/mol. The minimum absolute atomic E-state index is 0.0595. The summed E-state index contributed by atoms with van der Waals surface area (Å²) in [6, 6.07) is 9.72. The molecular weight excluding hydrogens is 356 g/mol. The van der Waals surface area contributed by atoms with Gasteiger partial charge in [0.25, 0.3) is 0 Å². The first-order chi connectivity index (χ1) is 13.4. The zero-order valence-corrected chi connectivity index (χ0v) is 15.9. The summed E-state index contributed by atoms with van der Waals surface area (Å²) in [5, 5.41) is 0. The summed E-state index contributed by atoms with van der Waals surface area (Å²) in [7, 11) is 3.10. The number of nitrogens with zero attached hydrogens (tertiary/aromatic N) is 2. The third kappa shape index (κ3) is 2.14. The minimum atomic E-state index is -0.479. The van der Waals surface area contributed by atoms with Crippen molar-refractivity contribution in [3.8, 4) is 0 Å². The van der Waals surface area contributed by atoms with Gasteiger partial charge in [-0.2, -0.15) is 0 Å². The van der Waals surface area contributed by atoms with Gasteiger partial charge in [-0.3, -0.25) is 29.0 Å². The molecule has 6 nitrogen and oxygen atoms in total. The summed E-state index contributed by atoms with van der Waals surface area (Å²) in [6.45, 7) is 0. The van der Waals surface area contributed by atoms with Crippen molar-refractivity contribution in [2.45, 2.75) is 19.3 Å². The fraction of sp³-hybridized carbons (Fsp3) is 0.455. The predicted octanol–water partition coefficient (Wildman–Crippen LogP) is 1.72. The van der Waals surface area contributed by atoms with Crippen molar-refractivity contribution in [1.82, 2.24) is 9.80 Å². The lowest BCUT2D eigenvalue weighted by atomic mass is 9.61. The Hall–Kier alpha value is -2.76. The average Bonchev–Trinajstić information content (AvgIpc) is 3.06. The van der Waals surface area contributed by atoms with Crippen LogP contribution in [0.5, 0.6) is 0 Å². The third-order valence-electron chi connectivity index (χ3n) is 7.18. The first-order valence-corrected chi connectivity index (χ1v) is 9.81. The zero-order chi connectivity index (χ0) is 19.7. The monoisotopic (exact) mass is 378 g/mol. The number of amides is 4. The van der Waals surface area contributed by atoms with E-state index in [0.717, 1.165) is 16.7 Å². The van der Waals surface area contributed by atoms with Crippen molar-refractivity contribution in [2.75, 3.05) is 14.1 Å². The van der Waals surface area contributed by atoms with E-state index in [9.17, 15) is 19.2 Å². The Bertz CT molecular complexity index is 951. The summed E-state index contributed by atoms with van der Waals surface area (Å²) in [5.41, 5.74) is 2.96. The Morgan fingerprint density at radius 3 is 2.04 bits per heavy atom. The van der Waals surface area contributed by atoms with Crippen LogP contribution in [0.1, 0.15) is 24.8 Å². The van der Waals surface area contributed by atoms with Gasteiger partial charge in [0.2, 0.25) is 23.6 Å². The number of allylic oxidation sites excluding steroid dienone is 1. The van der Waals surface area contributed by atoms with E-state index in [2.05, 4.69) is 0 Å². The molecule has 3 fully saturated rings. The summed E-state index contributed by atoms with van der Waals surface area (Å²) >= 11 is 0. The number of hydrogen-bond acceptors (Lipinski definition) is 4. The molecule has 0 spiro atoms. The molecule has 1 saturated carbocycles. The van der Waals surface area contributed by atoms with Gasteiger partial charge in [-0.15, -0.1) is 0 Å².